The predicted octanol–water partition coefficient (Wildman–Crippen LogP) is 3.45. The molecule has 0 unspecified atom stereocenters. The molecule has 0 atom stereocenters. The van der Waals surface area contributed by atoms with Crippen LogP contribution in [0.2, 0.25) is 0 Å². The van der Waals surface area contributed by atoms with Gasteiger partial charge in [-0.05, 0) is 47.8 Å². The molecule has 1 aromatic rings. The number of amides is 1. The molecule has 1 amide bonds. The quantitative estimate of drug-likeness (QED) is 0.863. The molecule has 0 aliphatic carbocycles. The maximum absolute atomic E-state index is 11.7. The van der Waals surface area contributed by atoms with Crippen LogP contribution in [0.1, 0.15) is 25.8 Å². The van der Waals surface area contributed by atoms with E-state index in [1.165, 1.54) is 0 Å². The highest BCUT2D eigenvalue weighted by atomic mass is 79.9. The van der Waals surface area contributed by atoms with E-state index in [9.17, 15) is 4.79 Å². The lowest BCUT2D eigenvalue weighted by Gasteiger charge is -2.07. The van der Waals surface area contributed by atoms with E-state index in [1.807, 2.05) is 26.0 Å². The molecule has 0 saturated heterocycles. The number of aromatic nitrogens is 1. The maximum Gasteiger partial charge on any atom is 0.252 e. The molecule has 3 nitrogen and oxygen atoms in total. The van der Waals surface area contributed by atoms with E-state index in [0.29, 0.717) is 11.4 Å². The van der Waals surface area contributed by atoms with Crippen LogP contribution in [-0.2, 0) is 4.79 Å². The normalized spacial score (nSPS) is 11.4. The zero-order valence-electron chi connectivity index (χ0n) is 9.67. The molecular formula is C12H15BrN2O. The SMILES string of the molecule is CC/C=C(/C)C(=O)Nc1ncc(Br)cc1C. The largest absolute Gasteiger partial charge is 0.307 e. The molecular weight excluding hydrogens is 268 g/mol. The van der Waals surface area contributed by atoms with Gasteiger partial charge >= 0.3 is 0 Å². The van der Waals surface area contributed by atoms with Gasteiger partial charge in [-0.3, -0.25) is 4.79 Å². The molecule has 0 radical (unpaired) electrons. The summed E-state index contributed by atoms with van der Waals surface area (Å²) in [5, 5.41) is 2.78. The Morgan fingerprint density at radius 3 is 2.88 bits per heavy atom. The fraction of sp³-hybridized carbons (Fsp3) is 0.333. The first-order valence-corrected chi connectivity index (χ1v) is 5.94. The molecule has 0 bridgehead atoms. The van der Waals surface area contributed by atoms with Crippen molar-refractivity contribution >= 4 is 27.7 Å². The highest BCUT2D eigenvalue weighted by molar-refractivity contribution is 9.10. The van der Waals surface area contributed by atoms with E-state index in [4.69, 9.17) is 0 Å². The molecule has 0 aliphatic heterocycles. The van der Waals surface area contributed by atoms with Crippen molar-refractivity contribution in [3.05, 3.63) is 33.9 Å². The molecule has 1 N–H and O–H groups in total. The molecule has 0 spiro atoms. The van der Waals surface area contributed by atoms with E-state index in [-0.39, 0.29) is 5.91 Å². The Hall–Kier alpha value is -1.16. The predicted molar refractivity (Wildman–Crippen MR) is 69.4 cm³/mol. The van der Waals surface area contributed by atoms with Crippen molar-refractivity contribution in [3.63, 3.8) is 0 Å². The lowest BCUT2D eigenvalue weighted by atomic mass is 10.2. The number of rotatable bonds is 3. The summed E-state index contributed by atoms with van der Waals surface area (Å²) in [5.41, 5.74) is 1.65. The number of carbonyl (C=O) groups is 1. The Morgan fingerprint density at radius 1 is 1.62 bits per heavy atom. The minimum Gasteiger partial charge on any atom is -0.307 e. The van der Waals surface area contributed by atoms with Crippen molar-refractivity contribution in [1.82, 2.24) is 4.98 Å². The summed E-state index contributed by atoms with van der Waals surface area (Å²) in [4.78, 5) is 15.9. The van der Waals surface area contributed by atoms with E-state index in [1.54, 1.807) is 13.1 Å². The van der Waals surface area contributed by atoms with Crippen molar-refractivity contribution in [2.75, 3.05) is 5.32 Å². The van der Waals surface area contributed by atoms with Crippen LogP contribution >= 0.6 is 15.9 Å². The second-order valence-electron chi connectivity index (χ2n) is 3.57. The Balaban J connectivity index is 2.81. The molecule has 0 aliphatic rings. The molecule has 4 heteroatoms. The number of pyridine rings is 1. The first kappa shape index (κ1) is 12.9. The van der Waals surface area contributed by atoms with E-state index in [0.717, 1.165) is 16.5 Å². The fourth-order valence-electron chi connectivity index (χ4n) is 1.28. The summed E-state index contributed by atoms with van der Waals surface area (Å²) in [6, 6.07) is 1.92. The fourth-order valence-corrected chi connectivity index (χ4v) is 1.72. The second-order valence-corrected chi connectivity index (χ2v) is 4.48. The number of anilines is 1. The van der Waals surface area contributed by atoms with Gasteiger partial charge < -0.3 is 5.32 Å². The highest BCUT2D eigenvalue weighted by Crippen LogP contribution is 2.17. The average molecular weight is 283 g/mol. The third kappa shape index (κ3) is 3.45. The highest BCUT2D eigenvalue weighted by Gasteiger charge is 2.07. The molecule has 0 saturated carbocycles. The van der Waals surface area contributed by atoms with Gasteiger partial charge in [0.05, 0.1) is 0 Å². The molecule has 0 fully saturated rings. The Kier molecular flexibility index (Phi) is 4.68. The number of allylic oxidation sites excluding steroid dienone is 1. The lowest BCUT2D eigenvalue weighted by molar-refractivity contribution is -0.112. The molecule has 1 rings (SSSR count). The van der Waals surface area contributed by atoms with Crippen molar-refractivity contribution < 1.29 is 4.79 Å². The molecule has 1 heterocycles. The first-order chi connectivity index (χ1) is 7.54. The van der Waals surface area contributed by atoms with Crippen LogP contribution in [0.25, 0.3) is 0 Å². The molecule has 16 heavy (non-hydrogen) atoms. The summed E-state index contributed by atoms with van der Waals surface area (Å²) < 4.78 is 0.906. The first-order valence-electron chi connectivity index (χ1n) is 5.14. The number of hydrogen-bond acceptors (Lipinski definition) is 2. The van der Waals surface area contributed by atoms with Gasteiger partial charge in [-0.1, -0.05) is 13.0 Å². The number of hydrogen-bond donors (Lipinski definition) is 1. The van der Waals surface area contributed by atoms with Gasteiger partial charge in [-0.2, -0.15) is 0 Å². The van der Waals surface area contributed by atoms with Crippen LogP contribution in [0, 0.1) is 6.92 Å². The monoisotopic (exact) mass is 282 g/mol. The minimum atomic E-state index is -0.0974. The van der Waals surface area contributed by atoms with Crippen molar-refractivity contribution in [3.8, 4) is 0 Å². The topological polar surface area (TPSA) is 42.0 Å². The number of carbonyl (C=O) groups excluding carboxylic acids is 1. The Morgan fingerprint density at radius 2 is 2.31 bits per heavy atom. The standard InChI is InChI=1S/C12H15BrN2O/c1-4-5-8(2)12(16)15-11-9(3)6-10(13)7-14-11/h5-7H,4H2,1-3H3,(H,14,15,16)/b8-5-. The average Bonchev–Trinajstić information content (AvgIpc) is 2.22. The van der Waals surface area contributed by atoms with Crippen LogP contribution in [0.4, 0.5) is 5.82 Å². The Labute approximate surface area is 104 Å². The zero-order chi connectivity index (χ0) is 12.1. The maximum atomic E-state index is 11.7. The van der Waals surface area contributed by atoms with Crippen molar-refractivity contribution in [2.24, 2.45) is 0 Å². The van der Waals surface area contributed by atoms with Gasteiger partial charge in [0.1, 0.15) is 5.82 Å². The van der Waals surface area contributed by atoms with E-state index < -0.39 is 0 Å². The third-order valence-corrected chi connectivity index (χ3v) is 2.58. The van der Waals surface area contributed by atoms with Crippen molar-refractivity contribution in [2.45, 2.75) is 27.2 Å². The molecule has 0 aromatic carbocycles. The summed E-state index contributed by atoms with van der Waals surface area (Å²) in [6.07, 6.45) is 4.41. The van der Waals surface area contributed by atoms with Crippen LogP contribution in [0.3, 0.4) is 0 Å². The van der Waals surface area contributed by atoms with Crippen LogP contribution in [0.15, 0.2) is 28.4 Å². The van der Waals surface area contributed by atoms with Gasteiger partial charge in [-0.25, -0.2) is 4.98 Å². The molecule has 86 valence electrons. The van der Waals surface area contributed by atoms with Gasteiger partial charge in [-0.15, -0.1) is 0 Å². The van der Waals surface area contributed by atoms with E-state index in [2.05, 4.69) is 26.2 Å². The Bertz CT molecular complexity index is 427. The summed E-state index contributed by atoms with van der Waals surface area (Å²) in [7, 11) is 0. The smallest absolute Gasteiger partial charge is 0.252 e. The number of aryl methyl sites for hydroxylation is 1. The van der Waals surface area contributed by atoms with Crippen molar-refractivity contribution in [1.29, 1.82) is 0 Å². The van der Waals surface area contributed by atoms with Crippen LogP contribution in [-0.4, -0.2) is 10.9 Å². The van der Waals surface area contributed by atoms with Gasteiger partial charge in [0.2, 0.25) is 0 Å². The van der Waals surface area contributed by atoms with E-state index >= 15 is 0 Å². The zero-order valence-corrected chi connectivity index (χ0v) is 11.3. The number of halogens is 1. The second kappa shape index (κ2) is 5.80. The van der Waals surface area contributed by atoms with Crippen LogP contribution in [0.5, 0.6) is 0 Å². The summed E-state index contributed by atoms with van der Waals surface area (Å²) in [6.45, 7) is 5.71. The number of nitrogens with one attached hydrogen (secondary N) is 1. The summed E-state index contributed by atoms with van der Waals surface area (Å²) >= 11 is 3.33. The van der Waals surface area contributed by atoms with Crippen LogP contribution < -0.4 is 5.32 Å². The lowest BCUT2D eigenvalue weighted by Crippen LogP contribution is -2.14. The molecule has 1 aromatic heterocycles. The van der Waals surface area contributed by atoms with Gasteiger partial charge in [0.15, 0.2) is 0 Å². The third-order valence-electron chi connectivity index (χ3n) is 2.15. The van der Waals surface area contributed by atoms with Gasteiger partial charge in [0.25, 0.3) is 5.91 Å². The van der Waals surface area contributed by atoms with Gasteiger partial charge in [0, 0.05) is 16.2 Å². The number of nitrogens with zero attached hydrogens (tertiary/aromatic N) is 1. The summed E-state index contributed by atoms with van der Waals surface area (Å²) in [5.74, 6) is 0.511. The minimum absolute atomic E-state index is 0.0974.